The van der Waals surface area contributed by atoms with Gasteiger partial charge in [-0.05, 0) is 37.3 Å². The normalized spacial score (nSPS) is 15.8. The molecule has 0 fully saturated rings. The third-order valence-electron chi connectivity index (χ3n) is 4.24. The van der Waals surface area contributed by atoms with Crippen LogP contribution in [0.15, 0.2) is 51.4 Å². The molecule has 9 heteroatoms. The van der Waals surface area contributed by atoms with Gasteiger partial charge in [0.25, 0.3) is 0 Å². The van der Waals surface area contributed by atoms with Crippen molar-refractivity contribution in [2.24, 2.45) is 10.7 Å². The second-order valence-electron chi connectivity index (χ2n) is 5.89. The first-order chi connectivity index (χ1) is 13.6. The van der Waals surface area contributed by atoms with Gasteiger partial charge in [0, 0.05) is 11.1 Å². The van der Waals surface area contributed by atoms with Crippen LogP contribution >= 0.6 is 11.3 Å². The number of hydrogen-bond acceptors (Lipinski definition) is 9. The highest BCUT2D eigenvalue weighted by Crippen LogP contribution is 2.38. The molecule has 144 valence electrons. The van der Waals surface area contributed by atoms with Gasteiger partial charge in [-0.25, -0.2) is 9.78 Å². The molecule has 3 aromatic rings. The van der Waals surface area contributed by atoms with E-state index in [0.29, 0.717) is 16.7 Å². The Morgan fingerprint density at radius 2 is 2.11 bits per heavy atom. The molecule has 1 aliphatic rings. The van der Waals surface area contributed by atoms with Gasteiger partial charge in [0.05, 0.1) is 25.5 Å². The van der Waals surface area contributed by atoms with Crippen molar-refractivity contribution in [1.82, 2.24) is 4.98 Å². The summed E-state index contributed by atoms with van der Waals surface area (Å²) in [5, 5.41) is 2.18. The van der Waals surface area contributed by atoms with E-state index in [1.165, 1.54) is 11.3 Å². The number of anilines is 1. The van der Waals surface area contributed by atoms with E-state index < -0.39 is 12.1 Å². The summed E-state index contributed by atoms with van der Waals surface area (Å²) in [4.78, 5) is 22.9. The van der Waals surface area contributed by atoms with Gasteiger partial charge in [-0.15, -0.1) is 11.3 Å². The number of nitrogens with zero attached hydrogens (tertiary/aromatic N) is 3. The number of furan rings is 1. The molecule has 0 radical (unpaired) electrons. The fraction of sp³-hybridized carbons (Fsp3) is 0.211. The molecule has 1 unspecified atom stereocenters. The highest BCUT2D eigenvalue weighted by atomic mass is 32.1. The molecule has 0 spiro atoms. The molecule has 28 heavy (non-hydrogen) atoms. The molecule has 1 atom stereocenters. The van der Waals surface area contributed by atoms with Crippen LogP contribution < -0.4 is 15.4 Å². The number of carbonyl (C=O) groups excluding carboxylic acids is 1. The molecule has 0 aliphatic carbocycles. The Morgan fingerprint density at radius 1 is 1.32 bits per heavy atom. The summed E-state index contributed by atoms with van der Waals surface area (Å²) < 4.78 is 15.7. The molecule has 0 saturated carbocycles. The first-order valence-corrected chi connectivity index (χ1v) is 9.48. The summed E-state index contributed by atoms with van der Waals surface area (Å²) in [6.07, 6.45) is 1.03. The van der Waals surface area contributed by atoms with Crippen molar-refractivity contribution in [2.75, 3.05) is 18.6 Å². The van der Waals surface area contributed by atoms with Crippen LogP contribution in [0.25, 0.3) is 0 Å². The lowest BCUT2D eigenvalue weighted by atomic mass is 10.1. The molecule has 1 aromatic carbocycles. The number of methoxy groups -OCH3 is 1. The number of amidine groups is 1. The lowest BCUT2D eigenvalue weighted by molar-refractivity contribution is 0.0520. The number of aromatic nitrogens is 1. The van der Waals surface area contributed by atoms with E-state index >= 15 is 0 Å². The van der Waals surface area contributed by atoms with Crippen LogP contribution in [-0.4, -0.2) is 30.5 Å². The summed E-state index contributed by atoms with van der Waals surface area (Å²) in [6.45, 7) is 2.03. The number of ether oxygens (including phenoxy) is 2. The van der Waals surface area contributed by atoms with Gasteiger partial charge in [0.15, 0.2) is 16.5 Å². The second kappa shape index (κ2) is 7.45. The fourth-order valence-corrected chi connectivity index (χ4v) is 3.67. The van der Waals surface area contributed by atoms with Gasteiger partial charge in [-0.2, -0.15) is 4.99 Å². The van der Waals surface area contributed by atoms with Gasteiger partial charge in [0.1, 0.15) is 11.9 Å². The second-order valence-corrected chi connectivity index (χ2v) is 6.75. The van der Waals surface area contributed by atoms with Crippen molar-refractivity contribution < 1.29 is 18.7 Å². The number of aliphatic imine (C=N–C) groups is 1. The number of fused-ring (bicyclic) bond motifs is 1. The van der Waals surface area contributed by atoms with Crippen LogP contribution in [0.4, 0.5) is 11.6 Å². The molecule has 0 saturated heterocycles. The van der Waals surface area contributed by atoms with Crippen LogP contribution in [0.1, 0.15) is 34.1 Å². The predicted molar refractivity (Wildman–Crippen MR) is 105 cm³/mol. The maximum atomic E-state index is 12.0. The number of benzene rings is 1. The molecule has 3 heterocycles. The SMILES string of the molecule is CCOC(=O)c1csc(C2=Nc3occc3C(N)N2c2ccc(OC)cc2)n1. The van der Waals surface area contributed by atoms with Crippen LogP contribution in [0.2, 0.25) is 0 Å². The zero-order valence-corrected chi connectivity index (χ0v) is 16.1. The first-order valence-electron chi connectivity index (χ1n) is 8.60. The summed E-state index contributed by atoms with van der Waals surface area (Å²) in [7, 11) is 1.61. The fourth-order valence-electron chi connectivity index (χ4n) is 2.90. The van der Waals surface area contributed by atoms with Crippen molar-refractivity contribution in [3.63, 3.8) is 0 Å². The van der Waals surface area contributed by atoms with Crippen LogP contribution in [0.5, 0.6) is 5.75 Å². The molecule has 0 bridgehead atoms. The molecule has 8 nitrogen and oxygen atoms in total. The van der Waals surface area contributed by atoms with Crippen molar-refractivity contribution >= 4 is 34.7 Å². The lowest BCUT2D eigenvalue weighted by Crippen LogP contribution is -2.42. The van der Waals surface area contributed by atoms with E-state index in [2.05, 4.69) is 9.98 Å². The summed E-state index contributed by atoms with van der Waals surface area (Å²) >= 11 is 1.29. The Labute approximate surface area is 165 Å². The van der Waals surface area contributed by atoms with Crippen molar-refractivity contribution in [2.45, 2.75) is 13.1 Å². The molecule has 2 N–H and O–H groups in total. The van der Waals surface area contributed by atoms with Crippen molar-refractivity contribution in [1.29, 1.82) is 0 Å². The van der Waals surface area contributed by atoms with Crippen molar-refractivity contribution in [3.8, 4) is 5.75 Å². The highest BCUT2D eigenvalue weighted by Gasteiger charge is 2.33. The minimum atomic E-state index is -0.524. The number of thiazole rings is 1. The average molecular weight is 398 g/mol. The predicted octanol–water partition coefficient (Wildman–Crippen LogP) is 3.48. The van der Waals surface area contributed by atoms with Gasteiger partial charge in [0.2, 0.25) is 5.88 Å². The van der Waals surface area contributed by atoms with Gasteiger partial charge >= 0.3 is 5.97 Å². The third kappa shape index (κ3) is 3.14. The monoisotopic (exact) mass is 398 g/mol. The maximum absolute atomic E-state index is 12.0. The summed E-state index contributed by atoms with van der Waals surface area (Å²) in [5.41, 5.74) is 8.33. The molecular formula is C19H18N4O4S. The average Bonchev–Trinajstić information content (AvgIpc) is 3.38. The van der Waals surface area contributed by atoms with Gasteiger partial charge < -0.3 is 24.5 Å². The van der Waals surface area contributed by atoms with Gasteiger partial charge in [-0.1, -0.05) is 0 Å². The number of carbonyl (C=O) groups is 1. The van der Waals surface area contributed by atoms with Crippen LogP contribution in [0.3, 0.4) is 0 Å². The van der Waals surface area contributed by atoms with Crippen LogP contribution in [0, 0.1) is 0 Å². The molecule has 0 amide bonds. The Bertz CT molecular complexity index is 1020. The van der Waals surface area contributed by atoms with E-state index in [4.69, 9.17) is 19.6 Å². The van der Waals surface area contributed by atoms with E-state index in [-0.39, 0.29) is 12.3 Å². The zero-order valence-electron chi connectivity index (χ0n) is 15.3. The largest absolute Gasteiger partial charge is 0.497 e. The minimum absolute atomic E-state index is 0.234. The van der Waals surface area contributed by atoms with E-state index in [1.807, 2.05) is 29.2 Å². The number of nitrogens with two attached hydrogens (primary N) is 1. The van der Waals surface area contributed by atoms with E-state index in [9.17, 15) is 4.79 Å². The Balaban J connectivity index is 1.78. The molecular weight excluding hydrogens is 380 g/mol. The van der Waals surface area contributed by atoms with Crippen molar-refractivity contribution in [3.05, 3.63) is 58.2 Å². The lowest BCUT2D eigenvalue weighted by Gasteiger charge is -2.33. The smallest absolute Gasteiger partial charge is 0.357 e. The Morgan fingerprint density at radius 3 is 2.82 bits per heavy atom. The third-order valence-corrected chi connectivity index (χ3v) is 5.08. The first kappa shape index (κ1) is 18.2. The summed E-state index contributed by atoms with van der Waals surface area (Å²) in [6, 6.07) is 9.26. The molecule has 1 aliphatic heterocycles. The number of hydrogen-bond donors (Lipinski definition) is 1. The standard InChI is InChI=1S/C19H18N4O4S/c1-3-26-19(24)14-10-28-18(21-14)16-22-17-13(8-9-27-17)15(20)23(16)11-4-6-12(25-2)7-5-11/h4-10,15H,3,20H2,1-2H3. The summed E-state index contributed by atoms with van der Waals surface area (Å²) in [5.74, 6) is 1.19. The molecule has 2 aromatic heterocycles. The minimum Gasteiger partial charge on any atom is -0.497 e. The molecule has 4 rings (SSSR count). The Hall–Kier alpha value is -3.17. The quantitative estimate of drug-likeness (QED) is 0.656. The highest BCUT2D eigenvalue weighted by molar-refractivity contribution is 7.12. The van der Waals surface area contributed by atoms with Gasteiger partial charge in [-0.3, -0.25) is 0 Å². The van der Waals surface area contributed by atoms with E-state index in [1.54, 1.807) is 31.7 Å². The number of esters is 1. The number of rotatable bonds is 5. The zero-order chi connectivity index (χ0) is 19.7. The maximum Gasteiger partial charge on any atom is 0.357 e. The Kier molecular flexibility index (Phi) is 4.84. The topological polar surface area (TPSA) is 103 Å². The van der Waals surface area contributed by atoms with E-state index in [0.717, 1.165) is 17.0 Å². The van der Waals surface area contributed by atoms with Crippen LogP contribution in [-0.2, 0) is 4.74 Å².